The quantitative estimate of drug-likeness (QED) is 0.714. The van der Waals surface area contributed by atoms with Crippen LogP contribution in [0.3, 0.4) is 0 Å². The monoisotopic (exact) mass is 349 g/mol. The minimum absolute atomic E-state index is 0.131. The second-order valence-electron chi connectivity index (χ2n) is 6.73. The van der Waals surface area contributed by atoms with Gasteiger partial charge in [-0.25, -0.2) is 4.98 Å². The first kappa shape index (κ1) is 17.9. The lowest BCUT2D eigenvalue weighted by Gasteiger charge is -2.28. The number of nitrogens with two attached hydrogens (primary N) is 1. The van der Waals surface area contributed by atoms with Gasteiger partial charge in [0.1, 0.15) is 5.82 Å². The molecule has 1 saturated carbocycles. The maximum absolute atomic E-state index is 11.7. The first-order valence-corrected chi connectivity index (χ1v) is 8.96. The number of nitrogens with one attached hydrogen (secondary N) is 2. The number of rotatable bonds is 6. The van der Waals surface area contributed by atoms with Crippen molar-refractivity contribution >= 4 is 17.7 Å². The number of carbonyl (C=O) groups is 1. The van der Waals surface area contributed by atoms with E-state index in [0.717, 1.165) is 45.1 Å². The summed E-state index contributed by atoms with van der Waals surface area (Å²) in [6.45, 7) is 1.38. The lowest BCUT2D eigenvalue weighted by Crippen LogP contribution is -2.32. The third-order valence-corrected chi connectivity index (χ3v) is 4.90. The summed E-state index contributed by atoms with van der Waals surface area (Å²) in [4.78, 5) is 20.4. The van der Waals surface area contributed by atoms with Gasteiger partial charge in [-0.2, -0.15) is 4.98 Å². The van der Waals surface area contributed by atoms with Crippen molar-refractivity contribution in [2.24, 2.45) is 5.73 Å². The Hall–Kier alpha value is -1.93. The highest BCUT2D eigenvalue weighted by Gasteiger charge is 2.23. The van der Waals surface area contributed by atoms with Gasteiger partial charge >= 0.3 is 0 Å². The smallest absolute Gasteiger partial charge is 0.254 e. The van der Waals surface area contributed by atoms with E-state index in [1.807, 2.05) is 0 Å². The van der Waals surface area contributed by atoms with E-state index in [-0.39, 0.29) is 6.04 Å². The number of carbonyl (C=O) groups excluding carboxylic acids is 1. The van der Waals surface area contributed by atoms with Crippen molar-refractivity contribution in [3.63, 3.8) is 0 Å². The second-order valence-corrected chi connectivity index (χ2v) is 6.73. The molecule has 0 radical (unpaired) electrons. The molecule has 1 saturated heterocycles. The van der Waals surface area contributed by atoms with E-state index in [4.69, 9.17) is 15.2 Å². The van der Waals surface area contributed by atoms with Crippen molar-refractivity contribution in [2.75, 3.05) is 31.0 Å². The third-order valence-electron chi connectivity index (χ3n) is 4.90. The molecule has 0 bridgehead atoms. The van der Waals surface area contributed by atoms with Crippen LogP contribution in [-0.4, -0.2) is 54.4 Å². The lowest BCUT2D eigenvalue weighted by atomic mass is 9.93. The number of anilines is 2. The van der Waals surface area contributed by atoms with E-state index >= 15 is 0 Å². The number of hydrogen-bond donors (Lipinski definition) is 3. The molecular formula is C17H27N5O3. The van der Waals surface area contributed by atoms with Gasteiger partial charge < -0.3 is 25.8 Å². The predicted molar refractivity (Wildman–Crippen MR) is 94.7 cm³/mol. The fraction of sp³-hybridized carbons (Fsp3) is 0.706. The minimum atomic E-state index is -0.536. The molecule has 8 heteroatoms. The molecule has 138 valence electrons. The Bertz CT molecular complexity index is 584. The molecule has 0 aromatic carbocycles. The molecule has 2 aliphatic rings. The van der Waals surface area contributed by atoms with Gasteiger partial charge in [-0.1, -0.05) is 0 Å². The number of ether oxygens (including phenoxy) is 2. The molecule has 2 fully saturated rings. The Labute approximate surface area is 147 Å². The molecule has 3 rings (SSSR count). The number of nitrogens with zero attached hydrogens (tertiary/aromatic N) is 2. The summed E-state index contributed by atoms with van der Waals surface area (Å²) in [6.07, 6.45) is 7.88. The van der Waals surface area contributed by atoms with E-state index in [9.17, 15) is 4.79 Å². The molecule has 1 aromatic heterocycles. The summed E-state index contributed by atoms with van der Waals surface area (Å²) >= 11 is 0. The minimum Gasteiger partial charge on any atom is -0.381 e. The number of hydrogen-bond acceptors (Lipinski definition) is 7. The maximum atomic E-state index is 11.7. The molecule has 1 amide bonds. The molecule has 0 spiro atoms. The molecule has 2 heterocycles. The second kappa shape index (κ2) is 8.44. The number of aromatic nitrogens is 2. The Morgan fingerprint density at radius 3 is 2.68 bits per heavy atom. The highest BCUT2D eigenvalue weighted by molar-refractivity contribution is 5.97. The summed E-state index contributed by atoms with van der Waals surface area (Å²) in [6, 6.07) is 0.448. The lowest BCUT2D eigenvalue weighted by molar-refractivity contribution is 0.0681. The van der Waals surface area contributed by atoms with Crippen molar-refractivity contribution in [1.29, 1.82) is 0 Å². The van der Waals surface area contributed by atoms with Gasteiger partial charge in [-0.3, -0.25) is 4.79 Å². The zero-order valence-electron chi connectivity index (χ0n) is 14.7. The molecule has 4 N–H and O–H groups in total. The first-order chi connectivity index (χ1) is 12.2. The van der Waals surface area contributed by atoms with Crippen LogP contribution in [0.4, 0.5) is 11.8 Å². The van der Waals surface area contributed by atoms with Crippen LogP contribution >= 0.6 is 0 Å². The average Bonchev–Trinajstić information content (AvgIpc) is 2.63. The summed E-state index contributed by atoms with van der Waals surface area (Å²) in [7, 11) is 1.76. The van der Waals surface area contributed by atoms with Gasteiger partial charge in [0.25, 0.3) is 5.91 Å². The Morgan fingerprint density at radius 2 is 2.04 bits per heavy atom. The van der Waals surface area contributed by atoms with Crippen LogP contribution in [0.15, 0.2) is 6.20 Å². The van der Waals surface area contributed by atoms with Gasteiger partial charge in [0.15, 0.2) is 0 Å². The zero-order chi connectivity index (χ0) is 17.6. The molecule has 25 heavy (non-hydrogen) atoms. The zero-order valence-corrected chi connectivity index (χ0v) is 14.7. The molecule has 1 aliphatic carbocycles. The summed E-state index contributed by atoms with van der Waals surface area (Å²) in [5.74, 6) is 0.461. The van der Waals surface area contributed by atoms with Crippen LogP contribution in [0.2, 0.25) is 0 Å². The van der Waals surface area contributed by atoms with E-state index in [1.165, 1.54) is 6.20 Å². The van der Waals surface area contributed by atoms with E-state index in [0.29, 0.717) is 36.1 Å². The molecule has 1 aliphatic heterocycles. The molecule has 1 unspecified atom stereocenters. The van der Waals surface area contributed by atoms with Gasteiger partial charge in [0.05, 0.1) is 24.3 Å². The summed E-state index contributed by atoms with van der Waals surface area (Å²) in [5.41, 5.74) is 5.76. The Morgan fingerprint density at radius 1 is 1.24 bits per heavy atom. The van der Waals surface area contributed by atoms with E-state index in [1.54, 1.807) is 7.11 Å². The van der Waals surface area contributed by atoms with Gasteiger partial charge in [-0.05, 0) is 38.5 Å². The van der Waals surface area contributed by atoms with Crippen LogP contribution in [0.25, 0.3) is 0 Å². The molecule has 8 nitrogen and oxygen atoms in total. The standard InChI is InChI=1S/C17H27N5O3/c1-24-13-6-4-11(5-7-13)21-17-19-9-14(15(18)23)16(22-17)20-12-3-2-8-25-10-12/h9,11-13H,2-8,10H2,1H3,(H2,18,23)(H2,19,20,21,22). The number of methoxy groups -OCH3 is 1. The van der Waals surface area contributed by atoms with Gasteiger partial charge in [0.2, 0.25) is 5.95 Å². The van der Waals surface area contributed by atoms with Crippen molar-refractivity contribution in [3.8, 4) is 0 Å². The molecular weight excluding hydrogens is 322 g/mol. The Kier molecular flexibility index (Phi) is 6.04. The fourth-order valence-electron chi connectivity index (χ4n) is 3.42. The predicted octanol–water partition coefficient (Wildman–Crippen LogP) is 1.54. The average molecular weight is 349 g/mol. The normalized spacial score (nSPS) is 26.8. The SMILES string of the molecule is COC1CCC(Nc2ncc(C(N)=O)c(NC3CCCOC3)n2)CC1. The van der Waals surface area contributed by atoms with Crippen molar-refractivity contribution < 1.29 is 14.3 Å². The van der Waals surface area contributed by atoms with E-state index < -0.39 is 5.91 Å². The third kappa shape index (κ3) is 4.79. The Balaban J connectivity index is 1.68. The fourth-order valence-corrected chi connectivity index (χ4v) is 3.42. The van der Waals surface area contributed by atoms with Crippen molar-refractivity contribution in [2.45, 2.75) is 56.7 Å². The van der Waals surface area contributed by atoms with Crippen LogP contribution in [-0.2, 0) is 9.47 Å². The number of amides is 1. The first-order valence-electron chi connectivity index (χ1n) is 8.96. The van der Waals surface area contributed by atoms with Crippen molar-refractivity contribution in [3.05, 3.63) is 11.8 Å². The van der Waals surface area contributed by atoms with E-state index in [2.05, 4.69) is 20.6 Å². The van der Waals surface area contributed by atoms with Gasteiger partial charge in [0, 0.05) is 26.0 Å². The van der Waals surface area contributed by atoms with Crippen LogP contribution in [0.5, 0.6) is 0 Å². The highest BCUT2D eigenvalue weighted by atomic mass is 16.5. The summed E-state index contributed by atoms with van der Waals surface area (Å²) < 4.78 is 10.9. The number of primary amides is 1. The summed E-state index contributed by atoms with van der Waals surface area (Å²) in [5, 5.41) is 6.66. The highest BCUT2D eigenvalue weighted by Crippen LogP contribution is 2.24. The molecule has 1 aromatic rings. The van der Waals surface area contributed by atoms with Crippen LogP contribution in [0, 0.1) is 0 Å². The van der Waals surface area contributed by atoms with Crippen LogP contribution in [0.1, 0.15) is 48.9 Å². The van der Waals surface area contributed by atoms with Crippen molar-refractivity contribution in [1.82, 2.24) is 9.97 Å². The van der Waals surface area contributed by atoms with Crippen LogP contribution < -0.4 is 16.4 Å². The van der Waals surface area contributed by atoms with Gasteiger partial charge in [-0.15, -0.1) is 0 Å². The molecule has 1 atom stereocenters. The largest absolute Gasteiger partial charge is 0.381 e. The maximum Gasteiger partial charge on any atom is 0.254 e. The topological polar surface area (TPSA) is 111 Å².